The Hall–Kier alpha value is -2.70. The van der Waals surface area contributed by atoms with E-state index in [1.165, 1.54) is 38.0 Å². The number of aromatic nitrogens is 1. The van der Waals surface area contributed by atoms with Crippen LogP contribution in [0.3, 0.4) is 0 Å². The van der Waals surface area contributed by atoms with Gasteiger partial charge in [-0.05, 0) is 37.8 Å². The molecular formula is C21H28N2O5. The maximum absolute atomic E-state index is 12.7. The zero-order valence-corrected chi connectivity index (χ0v) is 16.7. The SMILES string of the molecule is CCn1cc(OC(=O)NCC2CCCCC2)c2cc(OC)c(OC)cc2c1=O. The smallest absolute Gasteiger partial charge is 0.412 e. The van der Waals surface area contributed by atoms with Crippen LogP contribution in [-0.2, 0) is 6.54 Å². The van der Waals surface area contributed by atoms with E-state index in [9.17, 15) is 9.59 Å². The number of rotatable bonds is 6. The van der Waals surface area contributed by atoms with E-state index in [0.29, 0.717) is 47.0 Å². The van der Waals surface area contributed by atoms with Crippen LogP contribution in [0.5, 0.6) is 17.2 Å². The molecule has 7 nitrogen and oxygen atoms in total. The lowest BCUT2D eigenvalue weighted by molar-refractivity contribution is 0.196. The summed E-state index contributed by atoms with van der Waals surface area (Å²) in [4.78, 5) is 25.1. The molecule has 0 unspecified atom stereocenters. The molecule has 1 aromatic carbocycles. The van der Waals surface area contributed by atoms with Gasteiger partial charge in [0.05, 0.1) is 25.8 Å². The van der Waals surface area contributed by atoms with Gasteiger partial charge in [-0.25, -0.2) is 4.79 Å². The number of aryl methyl sites for hydroxylation is 1. The number of ether oxygens (including phenoxy) is 3. The number of pyridine rings is 1. The average molecular weight is 388 g/mol. The van der Waals surface area contributed by atoms with Crippen molar-refractivity contribution in [3.63, 3.8) is 0 Å². The highest BCUT2D eigenvalue weighted by molar-refractivity contribution is 5.92. The Labute approximate surface area is 164 Å². The number of methoxy groups -OCH3 is 2. The van der Waals surface area contributed by atoms with Gasteiger partial charge in [0, 0.05) is 18.5 Å². The number of carbonyl (C=O) groups excluding carboxylic acids is 1. The first-order chi connectivity index (χ1) is 13.6. The fourth-order valence-corrected chi connectivity index (χ4v) is 3.76. The third-order valence-corrected chi connectivity index (χ3v) is 5.36. The van der Waals surface area contributed by atoms with Crippen LogP contribution in [0.2, 0.25) is 0 Å². The first-order valence-corrected chi connectivity index (χ1v) is 9.82. The lowest BCUT2D eigenvalue weighted by Crippen LogP contribution is -2.33. The number of hydrogen-bond donors (Lipinski definition) is 1. The highest BCUT2D eigenvalue weighted by Gasteiger charge is 2.18. The lowest BCUT2D eigenvalue weighted by Gasteiger charge is -2.21. The minimum Gasteiger partial charge on any atom is -0.493 e. The molecule has 7 heteroatoms. The second-order valence-corrected chi connectivity index (χ2v) is 7.11. The van der Waals surface area contributed by atoms with E-state index in [1.54, 1.807) is 18.3 Å². The second kappa shape index (κ2) is 8.99. The molecular weight excluding hydrogens is 360 g/mol. The molecule has 1 heterocycles. The van der Waals surface area contributed by atoms with Gasteiger partial charge in [0.25, 0.3) is 5.56 Å². The van der Waals surface area contributed by atoms with Gasteiger partial charge in [-0.2, -0.15) is 0 Å². The van der Waals surface area contributed by atoms with Crippen molar-refractivity contribution in [2.24, 2.45) is 5.92 Å². The van der Waals surface area contributed by atoms with Crippen molar-refractivity contribution >= 4 is 16.9 Å². The predicted octanol–water partition coefficient (Wildman–Crippen LogP) is 3.71. The number of carbonyl (C=O) groups is 1. The Morgan fingerprint density at radius 3 is 2.32 bits per heavy atom. The summed E-state index contributed by atoms with van der Waals surface area (Å²) in [5, 5.41) is 3.79. The molecule has 1 saturated carbocycles. The van der Waals surface area contributed by atoms with Gasteiger partial charge < -0.3 is 24.1 Å². The van der Waals surface area contributed by atoms with Gasteiger partial charge in [-0.1, -0.05) is 19.3 Å². The summed E-state index contributed by atoms with van der Waals surface area (Å²) in [5.74, 6) is 1.75. The van der Waals surface area contributed by atoms with Gasteiger partial charge >= 0.3 is 6.09 Å². The molecule has 0 bridgehead atoms. The van der Waals surface area contributed by atoms with E-state index in [2.05, 4.69) is 5.32 Å². The molecule has 3 rings (SSSR count). The molecule has 0 spiro atoms. The van der Waals surface area contributed by atoms with Gasteiger partial charge in [-0.15, -0.1) is 0 Å². The number of amides is 1. The van der Waals surface area contributed by atoms with Crippen LogP contribution in [0.1, 0.15) is 39.0 Å². The Bertz CT molecular complexity index is 900. The van der Waals surface area contributed by atoms with Crippen molar-refractivity contribution in [1.29, 1.82) is 0 Å². The van der Waals surface area contributed by atoms with Crippen molar-refractivity contribution in [1.82, 2.24) is 9.88 Å². The molecule has 0 saturated heterocycles. The molecule has 1 N–H and O–H groups in total. The van der Waals surface area contributed by atoms with Gasteiger partial charge in [0.2, 0.25) is 0 Å². The van der Waals surface area contributed by atoms with E-state index >= 15 is 0 Å². The molecule has 1 aliphatic carbocycles. The number of fused-ring (bicyclic) bond motifs is 1. The predicted molar refractivity (Wildman–Crippen MR) is 108 cm³/mol. The van der Waals surface area contributed by atoms with E-state index in [4.69, 9.17) is 14.2 Å². The van der Waals surface area contributed by atoms with Crippen LogP contribution in [0.15, 0.2) is 23.1 Å². The highest BCUT2D eigenvalue weighted by Crippen LogP contribution is 2.35. The van der Waals surface area contributed by atoms with Crippen LogP contribution in [0, 0.1) is 5.92 Å². The van der Waals surface area contributed by atoms with Gasteiger partial charge in [0.1, 0.15) is 0 Å². The lowest BCUT2D eigenvalue weighted by atomic mass is 9.89. The zero-order valence-electron chi connectivity index (χ0n) is 16.7. The Morgan fingerprint density at radius 2 is 1.71 bits per heavy atom. The first-order valence-electron chi connectivity index (χ1n) is 9.82. The summed E-state index contributed by atoms with van der Waals surface area (Å²) >= 11 is 0. The third kappa shape index (κ3) is 4.24. The number of nitrogens with zero attached hydrogens (tertiary/aromatic N) is 1. The monoisotopic (exact) mass is 388 g/mol. The van der Waals surface area contributed by atoms with Crippen molar-refractivity contribution in [3.05, 3.63) is 28.7 Å². The number of nitrogens with one attached hydrogen (secondary N) is 1. The Kier molecular flexibility index (Phi) is 6.44. The zero-order chi connectivity index (χ0) is 20.1. The van der Waals surface area contributed by atoms with Crippen LogP contribution < -0.4 is 25.1 Å². The second-order valence-electron chi connectivity index (χ2n) is 7.11. The molecule has 1 aliphatic rings. The molecule has 0 atom stereocenters. The molecule has 0 aliphatic heterocycles. The number of benzene rings is 1. The molecule has 1 fully saturated rings. The molecule has 2 aromatic rings. The normalized spacial score (nSPS) is 14.7. The quantitative estimate of drug-likeness (QED) is 0.816. The van der Waals surface area contributed by atoms with E-state index in [0.717, 1.165) is 12.8 Å². The maximum Gasteiger partial charge on any atom is 0.412 e. The summed E-state index contributed by atoms with van der Waals surface area (Å²) in [5.41, 5.74) is -0.173. The minimum atomic E-state index is -0.511. The summed E-state index contributed by atoms with van der Waals surface area (Å²) < 4.78 is 17.7. The fourth-order valence-electron chi connectivity index (χ4n) is 3.76. The molecule has 0 radical (unpaired) electrons. The van der Waals surface area contributed by atoms with Crippen LogP contribution in [0.25, 0.3) is 10.8 Å². The summed E-state index contributed by atoms with van der Waals surface area (Å²) in [6, 6.07) is 3.29. The van der Waals surface area contributed by atoms with E-state index in [1.807, 2.05) is 6.92 Å². The van der Waals surface area contributed by atoms with E-state index in [-0.39, 0.29) is 5.56 Å². The topological polar surface area (TPSA) is 78.8 Å². The van der Waals surface area contributed by atoms with Crippen molar-refractivity contribution in [2.75, 3.05) is 20.8 Å². The summed E-state index contributed by atoms with van der Waals surface area (Å²) in [6.45, 7) is 2.94. The van der Waals surface area contributed by atoms with Crippen LogP contribution in [0.4, 0.5) is 4.79 Å². The van der Waals surface area contributed by atoms with Gasteiger partial charge in [-0.3, -0.25) is 4.79 Å². The average Bonchev–Trinajstić information content (AvgIpc) is 2.74. The van der Waals surface area contributed by atoms with Crippen molar-refractivity contribution < 1.29 is 19.0 Å². The number of hydrogen-bond acceptors (Lipinski definition) is 5. The Balaban J connectivity index is 1.89. The van der Waals surface area contributed by atoms with E-state index < -0.39 is 6.09 Å². The summed E-state index contributed by atoms with van der Waals surface area (Å²) in [7, 11) is 3.04. The highest BCUT2D eigenvalue weighted by atomic mass is 16.6. The first kappa shape index (κ1) is 20.0. The van der Waals surface area contributed by atoms with Gasteiger partial charge in [0.15, 0.2) is 17.2 Å². The summed E-state index contributed by atoms with van der Waals surface area (Å²) in [6.07, 6.45) is 7.04. The Morgan fingerprint density at radius 1 is 1.07 bits per heavy atom. The fraction of sp³-hybridized carbons (Fsp3) is 0.524. The minimum absolute atomic E-state index is 0.173. The van der Waals surface area contributed by atoms with Crippen LogP contribution >= 0.6 is 0 Å². The van der Waals surface area contributed by atoms with Crippen molar-refractivity contribution in [2.45, 2.75) is 45.6 Å². The standard InChI is InChI=1S/C21H28N2O5/c1-4-23-13-19(28-21(25)22-12-14-8-6-5-7-9-14)15-10-17(26-2)18(27-3)11-16(15)20(23)24/h10-11,13-14H,4-9,12H2,1-3H3,(H,22,25). The van der Waals surface area contributed by atoms with Crippen LogP contribution in [-0.4, -0.2) is 31.4 Å². The maximum atomic E-state index is 12.7. The van der Waals surface area contributed by atoms with Crippen molar-refractivity contribution in [3.8, 4) is 17.2 Å². The molecule has 1 aromatic heterocycles. The molecule has 152 valence electrons. The largest absolute Gasteiger partial charge is 0.493 e. The molecule has 1 amide bonds. The third-order valence-electron chi connectivity index (χ3n) is 5.36. The molecule has 28 heavy (non-hydrogen) atoms.